The summed E-state index contributed by atoms with van der Waals surface area (Å²) >= 11 is 0. The molecule has 0 aromatic carbocycles. The van der Waals surface area contributed by atoms with Crippen LogP contribution in [0.25, 0.3) is 17.2 Å². The Morgan fingerprint density at radius 2 is 1.96 bits per heavy atom. The molecule has 0 radical (unpaired) electrons. The van der Waals surface area contributed by atoms with E-state index in [1.165, 1.54) is 0 Å². The molecule has 4 aromatic rings. The number of nitrogens with zero attached hydrogens (tertiary/aromatic N) is 5. The van der Waals surface area contributed by atoms with Crippen LogP contribution in [0.2, 0.25) is 0 Å². The highest BCUT2D eigenvalue weighted by molar-refractivity contribution is 5.94. The van der Waals surface area contributed by atoms with Crippen LogP contribution in [-0.4, -0.2) is 36.4 Å². The fourth-order valence-electron chi connectivity index (χ4n) is 2.98. The molecule has 0 bridgehead atoms. The van der Waals surface area contributed by atoms with Gasteiger partial charge in [0.05, 0.1) is 5.69 Å². The van der Waals surface area contributed by atoms with Crippen LogP contribution in [0.5, 0.6) is 0 Å². The lowest BCUT2D eigenvalue weighted by molar-refractivity contribution is 0.0946. The van der Waals surface area contributed by atoms with Gasteiger partial charge >= 0.3 is 0 Å². The zero-order chi connectivity index (χ0) is 17.9. The zero-order valence-electron chi connectivity index (χ0n) is 14.3. The van der Waals surface area contributed by atoms with Gasteiger partial charge in [0.1, 0.15) is 17.0 Å². The van der Waals surface area contributed by atoms with Crippen molar-refractivity contribution in [1.29, 1.82) is 0 Å². The first-order valence-corrected chi connectivity index (χ1v) is 8.38. The Morgan fingerprint density at radius 1 is 1.08 bits per heavy atom. The highest BCUT2D eigenvalue weighted by Crippen LogP contribution is 2.14. The van der Waals surface area contributed by atoms with E-state index in [2.05, 4.69) is 20.3 Å². The van der Waals surface area contributed by atoms with Crippen molar-refractivity contribution >= 4 is 11.6 Å². The lowest BCUT2D eigenvalue weighted by Gasteiger charge is -2.09. The van der Waals surface area contributed by atoms with Gasteiger partial charge in [-0.25, -0.2) is 9.97 Å². The Balaban J connectivity index is 1.46. The Labute approximate surface area is 150 Å². The minimum atomic E-state index is -0.138. The number of fused-ring (bicyclic) bond motifs is 1. The highest BCUT2D eigenvalue weighted by Gasteiger charge is 2.16. The van der Waals surface area contributed by atoms with Crippen molar-refractivity contribution in [2.45, 2.75) is 13.5 Å². The third-order valence-electron chi connectivity index (χ3n) is 4.17. The number of carbonyl (C=O) groups is 1. The third kappa shape index (κ3) is 2.95. The summed E-state index contributed by atoms with van der Waals surface area (Å²) in [5, 5.41) is 2.97. The number of imidazole rings is 2. The van der Waals surface area contributed by atoms with Crippen molar-refractivity contribution in [3.63, 3.8) is 0 Å². The molecule has 1 N–H and O–H groups in total. The Hall–Kier alpha value is -3.48. The highest BCUT2D eigenvalue weighted by atomic mass is 16.1. The van der Waals surface area contributed by atoms with Gasteiger partial charge in [0.2, 0.25) is 0 Å². The van der Waals surface area contributed by atoms with E-state index < -0.39 is 0 Å². The minimum absolute atomic E-state index is 0.138. The fraction of sp³-hybridized carbons (Fsp3) is 0.158. The van der Waals surface area contributed by atoms with Gasteiger partial charge in [-0.15, -0.1) is 0 Å². The fourth-order valence-corrected chi connectivity index (χ4v) is 2.98. The summed E-state index contributed by atoms with van der Waals surface area (Å²) in [6.07, 6.45) is 7.21. The molecule has 7 heteroatoms. The third-order valence-corrected chi connectivity index (χ3v) is 4.17. The molecule has 0 aliphatic heterocycles. The molecule has 0 unspecified atom stereocenters. The molecular weight excluding hydrogens is 328 g/mol. The zero-order valence-corrected chi connectivity index (χ0v) is 14.3. The quantitative estimate of drug-likeness (QED) is 0.602. The van der Waals surface area contributed by atoms with E-state index in [-0.39, 0.29) is 5.91 Å². The average molecular weight is 346 g/mol. The second-order valence-electron chi connectivity index (χ2n) is 5.89. The van der Waals surface area contributed by atoms with Gasteiger partial charge in [-0.05, 0) is 31.2 Å². The molecule has 7 nitrogen and oxygen atoms in total. The molecule has 0 spiro atoms. The number of hydrogen-bond donors (Lipinski definition) is 1. The molecule has 4 aromatic heterocycles. The molecule has 0 aliphatic rings. The first-order valence-electron chi connectivity index (χ1n) is 8.38. The topological polar surface area (TPSA) is 77.1 Å². The molecule has 4 heterocycles. The molecule has 26 heavy (non-hydrogen) atoms. The Kier molecular flexibility index (Phi) is 4.18. The van der Waals surface area contributed by atoms with Crippen LogP contribution in [0.4, 0.5) is 0 Å². The van der Waals surface area contributed by atoms with E-state index in [1.807, 2.05) is 60.3 Å². The van der Waals surface area contributed by atoms with Crippen molar-refractivity contribution in [2.24, 2.45) is 0 Å². The van der Waals surface area contributed by atoms with E-state index in [9.17, 15) is 4.79 Å². The lowest BCUT2D eigenvalue weighted by atomic mass is 10.3. The second kappa shape index (κ2) is 6.79. The van der Waals surface area contributed by atoms with Gasteiger partial charge in [0.25, 0.3) is 5.91 Å². The second-order valence-corrected chi connectivity index (χ2v) is 5.89. The molecule has 0 saturated carbocycles. The largest absolute Gasteiger partial charge is 0.349 e. The number of aryl methyl sites for hydroxylation is 1. The SMILES string of the molecule is Cc1nc2ccccn2c1C(=O)NCCn1ccnc1-c1ccccn1. The Morgan fingerprint density at radius 3 is 2.81 bits per heavy atom. The van der Waals surface area contributed by atoms with Crippen LogP contribution in [0, 0.1) is 6.92 Å². The predicted octanol–water partition coefficient (Wildman–Crippen LogP) is 2.33. The van der Waals surface area contributed by atoms with Crippen LogP contribution >= 0.6 is 0 Å². The van der Waals surface area contributed by atoms with Gasteiger partial charge in [-0.1, -0.05) is 12.1 Å². The molecule has 0 atom stereocenters. The number of hydrogen-bond acceptors (Lipinski definition) is 4. The monoisotopic (exact) mass is 346 g/mol. The number of aromatic nitrogens is 5. The van der Waals surface area contributed by atoms with Crippen LogP contribution in [-0.2, 0) is 6.54 Å². The van der Waals surface area contributed by atoms with Crippen LogP contribution in [0.3, 0.4) is 0 Å². The standard InChI is InChI=1S/C19H18N6O/c1-14-17(25-11-5-3-7-16(25)23-14)19(26)22-10-13-24-12-9-21-18(24)15-6-2-4-8-20-15/h2-9,11-12H,10,13H2,1H3,(H,22,26). The summed E-state index contributed by atoms with van der Waals surface area (Å²) in [6, 6.07) is 11.4. The molecule has 0 fully saturated rings. The molecule has 0 aliphatic carbocycles. The molecular formula is C19H18N6O. The van der Waals surface area contributed by atoms with E-state index in [1.54, 1.807) is 16.8 Å². The summed E-state index contributed by atoms with van der Waals surface area (Å²) in [7, 11) is 0. The number of carbonyl (C=O) groups excluding carboxylic acids is 1. The van der Waals surface area contributed by atoms with Crippen molar-refractivity contribution in [3.8, 4) is 11.5 Å². The number of rotatable bonds is 5. The number of amides is 1. The van der Waals surface area contributed by atoms with Crippen LogP contribution < -0.4 is 5.32 Å². The predicted molar refractivity (Wildman–Crippen MR) is 97.7 cm³/mol. The van der Waals surface area contributed by atoms with Crippen molar-refractivity contribution in [1.82, 2.24) is 29.2 Å². The van der Waals surface area contributed by atoms with E-state index in [0.717, 1.165) is 17.2 Å². The van der Waals surface area contributed by atoms with Crippen LogP contribution in [0.1, 0.15) is 16.2 Å². The maximum absolute atomic E-state index is 12.6. The number of nitrogens with one attached hydrogen (secondary N) is 1. The van der Waals surface area contributed by atoms with Gasteiger partial charge in [-0.3, -0.25) is 14.2 Å². The van der Waals surface area contributed by atoms with Crippen molar-refractivity contribution in [2.75, 3.05) is 6.54 Å². The van der Waals surface area contributed by atoms with Crippen LogP contribution in [0.15, 0.2) is 61.2 Å². The normalized spacial score (nSPS) is 11.0. The first kappa shape index (κ1) is 16.0. The van der Waals surface area contributed by atoms with Gasteiger partial charge in [0.15, 0.2) is 5.82 Å². The van der Waals surface area contributed by atoms with Crippen molar-refractivity contribution in [3.05, 3.63) is 72.6 Å². The summed E-state index contributed by atoms with van der Waals surface area (Å²) in [5.74, 6) is 0.645. The summed E-state index contributed by atoms with van der Waals surface area (Å²) in [4.78, 5) is 25.7. The number of pyridine rings is 2. The van der Waals surface area contributed by atoms with E-state index >= 15 is 0 Å². The average Bonchev–Trinajstić information content (AvgIpc) is 3.25. The lowest BCUT2D eigenvalue weighted by Crippen LogP contribution is -2.28. The van der Waals surface area contributed by atoms with Gasteiger partial charge < -0.3 is 9.88 Å². The van der Waals surface area contributed by atoms with Gasteiger partial charge in [0, 0.05) is 37.9 Å². The smallest absolute Gasteiger partial charge is 0.270 e. The molecule has 1 amide bonds. The molecule has 4 rings (SSSR count). The van der Waals surface area contributed by atoms with E-state index in [4.69, 9.17) is 0 Å². The molecule has 130 valence electrons. The summed E-state index contributed by atoms with van der Waals surface area (Å²) in [5.41, 5.74) is 2.85. The van der Waals surface area contributed by atoms with Crippen molar-refractivity contribution < 1.29 is 4.79 Å². The summed E-state index contributed by atoms with van der Waals surface area (Å²) in [6.45, 7) is 2.93. The van der Waals surface area contributed by atoms with Gasteiger partial charge in [-0.2, -0.15) is 0 Å². The maximum atomic E-state index is 12.6. The Bertz CT molecular complexity index is 1050. The minimum Gasteiger partial charge on any atom is -0.349 e. The molecule has 0 saturated heterocycles. The maximum Gasteiger partial charge on any atom is 0.270 e. The first-order chi connectivity index (χ1) is 12.7. The summed E-state index contributed by atoms with van der Waals surface area (Å²) < 4.78 is 3.78. The van der Waals surface area contributed by atoms with E-state index in [0.29, 0.717) is 24.5 Å².